The van der Waals surface area contributed by atoms with Gasteiger partial charge in [0, 0.05) is 37.3 Å². The maximum absolute atomic E-state index is 14.5. The van der Waals surface area contributed by atoms with E-state index in [9.17, 15) is 24.3 Å². The molecule has 1 amide bonds. The SMILES string of the molecule is CCCCCCCCC(CCCCCC)CCOC(=O)CCC(CCC(=O)OCCC(CCCCCC)CCCCCCCC)(CCC(=O)OCCC(CCCCCC)CCCCCCCC)NC(=O)C1CCN(CCO)CC1. The average Bonchev–Trinajstić information content (AvgIpc) is 3.45. The molecule has 0 saturated carbocycles. The van der Waals surface area contributed by atoms with Crippen LogP contribution in [0.4, 0.5) is 0 Å². The molecule has 0 aromatic rings. The topological polar surface area (TPSA) is 131 Å². The lowest BCUT2D eigenvalue weighted by Crippen LogP contribution is -2.53. The zero-order valence-electron chi connectivity index (χ0n) is 53.2. The van der Waals surface area contributed by atoms with Gasteiger partial charge in [-0.3, -0.25) is 19.2 Å². The van der Waals surface area contributed by atoms with Crippen LogP contribution >= 0.6 is 0 Å². The van der Waals surface area contributed by atoms with Crippen LogP contribution in [-0.4, -0.2) is 85.4 Å². The van der Waals surface area contributed by atoms with Crippen LogP contribution in [0.25, 0.3) is 0 Å². The Morgan fingerprint density at radius 3 is 0.962 bits per heavy atom. The van der Waals surface area contributed by atoms with Crippen molar-refractivity contribution in [2.45, 2.75) is 349 Å². The average molecular weight is 1120 g/mol. The molecule has 2 N–H and O–H groups in total. The molecule has 0 bridgehead atoms. The van der Waals surface area contributed by atoms with Crippen LogP contribution in [0, 0.1) is 23.7 Å². The number of ether oxygens (including phenoxy) is 3. The van der Waals surface area contributed by atoms with Crippen LogP contribution < -0.4 is 5.32 Å². The van der Waals surface area contributed by atoms with Crippen molar-refractivity contribution in [2.24, 2.45) is 23.7 Å². The van der Waals surface area contributed by atoms with Gasteiger partial charge in [-0.05, 0) is 82.2 Å². The smallest absolute Gasteiger partial charge is 0.305 e. The number of esters is 3. The number of carbonyl (C=O) groups is 4. The van der Waals surface area contributed by atoms with Crippen molar-refractivity contribution in [2.75, 3.05) is 46.1 Å². The third-order valence-electron chi connectivity index (χ3n) is 17.8. The lowest BCUT2D eigenvalue weighted by molar-refractivity contribution is -0.146. The molecule has 1 saturated heterocycles. The first-order valence-electron chi connectivity index (χ1n) is 34.7. The van der Waals surface area contributed by atoms with Crippen LogP contribution in [0.15, 0.2) is 0 Å². The minimum absolute atomic E-state index is 0.0776. The van der Waals surface area contributed by atoms with E-state index in [0.717, 1.165) is 19.3 Å². The van der Waals surface area contributed by atoms with Crippen molar-refractivity contribution in [1.82, 2.24) is 10.2 Å². The Balaban J connectivity index is 3.33. The maximum atomic E-state index is 14.5. The molecule has 1 fully saturated rings. The van der Waals surface area contributed by atoms with E-state index in [1.807, 2.05) is 0 Å². The van der Waals surface area contributed by atoms with E-state index in [1.165, 1.54) is 231 Å². The number of aliphatic hydroxyl groups is 1. The molecule has 0 radical (unpaired) electrons. The van der Waals surface area contributed by atoms with Gasteiger partial charge in [0.05, 0.1) is 26.4 Å². The number of amides is 1. The lowest BCUT2D eigenvalue weighted by Gasteiger charge is -2.38. The number of hydrogen-bond donors (Lipinski definition) is 2. The summed E-state index contributed by atoms with van der Waals surface area (Å²) in [6.45, 7) is 16.8. The van der Waals surface area contributed by atoms with E-state index >= 15 is 0 Å². The first-order valence-corrected chi connectivity index (χ1v) is 34.7. The normalized spacial score (nSPS) is 15.1. The number of nitrogens with one attached hydrogen (secondary N) is 1. The summed E-state index contributed by atoms with van der Waals surface area (Å²) in [5.74, 6) is 0.378. The van der Waals surface area contributed by atoms with Crippen molar-refractivity contribution in [3.05, 3.63) is 0 Å². The van der Waals surface area contributed by atoms with Gasteiger partial charge in [-0.2, -0.15) is 0 Å². The van der Waals surface area contributed by atoms with Gasteiger partial charge in [0.2, 0.25) is 5.91 Å². The summed E-state index contributed by atoms with van der Waals surface area (Å²) in [6, 6.07) is 0. The Kier molecular flexibility index (Phi) is 50.9. The second-order valence-electron chi connectivity index (χ2n) is 25.0. The van der Waals surface area contributed by atoms with E-state index in [-0.39, 0.29) is 74.9 Å². The van der Waals surface area contributed by atoms with Gasteiger partial charge in [-0.25, -0.2) is 0 Å². The maximum Gasteiger partial charge on any atom is 0.305 e. The molecule has 0 aromatic carbocycles. The molecular weight excluding hydrogens is 985 g/mol. The number of likely N-dealkylation sites (tertiary alicyclic amines) is 1. The third-order valence-corrected chi connectivity index (χ3v) is 17.8. The number of nitrogens with zero attached hydrogens (tertiary/aromatic N) is 1. The van der Waals surface area contributed by atoms with Gasteiger partial charge >= 0.3 is 17.9 Å². The summed E-state index contributed by atoms with van der Waals surface area (Å²) in [7, 11) is 0. The molecule has 10 nitrogen and oxygen atoms in total. The fourth-order valence-electron chi connectivity index (χ4n) is 12.3. The minimum Gasteiger partial charge on any atom is -0.466 e. The van der Waals surface area contributed by atoms with Crippen molar-refractivity contribution in [3.8, 4) is 0 Å². The standard InChI is InChI=1S/C69H132N2O8/c1-7-13-19-25-28-34-40-61(37-31-22-16-10-4)48-58-77-65(73)43-51-69(70-68(76)64-46-54-71(55-47-64)56-57-72,52-44-66(74)78-59-49-62(38-32-23-17-11-5)41-35-29-26-20-14-8-2)53-45-67(75)79-60-50-63(39-33-24-18-12-6)42-36-30-27-21-15-9-3/h61-64,72H,7-60H2,1-6H3,(H,70,76). The fraction of sp³-hybridized carbons (Fsp3) is 0.942. The number of aliphatic hydroxyl groups excluding tert-OH is 1. The van der Waals surface area contributed by atoms with E-state index in [0.29, 0.717) is 70.1 Å². The highest BCUT2D eigenvalue weighted by molar-refractivity contribution is 5.80. The number of rotatable bonds is 58. The molecule has 1 heterocycles. The fourth-order valence-corrected chi connectivity index (χ4v) is 12.3. The first kappa shape index (κ1) is 74.8. The third kappa shape index (κ3) is 43.2. The largest absolute Gasteiger partial charge is 0.466 e. The highest BCUT2D eigenvalue weighted by Crippen LogP contribution is 2.31. The van der Waals surface area contributed by atoms with Crippen molar-refractivity contribution in [1.29, 1.82) is 0 Å². The zero-order chi connectivity index (χ0) is 57.7. The van der Waals surface area contributed by atoms with E-state index < -0.39 is 5.54 Å². The number of unbranched alkanes of at least 4 members (excludes halogenated alkanes) is 24. The predicted molar refractivity (Wildman–Crippen MR) is 332 cm³/mol. The van der Waals surface area contributed by atoms with Gasteiger partial charge in [-0.15, -0.1) is 0 Å². The molecule has 3 atom stereocenters. The highest BCUT2D eigenvalue weighted by Gasteiger charge is 2.37. The summed E-state index contributed by atoms with van der Waals surface area (Å²) in [6.07, 6.45) is 49.7. The van der Waals surface area contributed by atoms with Crippen molar-refractivity contribution >= 4 is 23.8 Å². The second-order valence-corrected chi connectivity index (χ2v) is 25.0. The van der Waals surface area contributed by atoms with Crippen LogP contribution in [0.2, 0.25) is 0 Å². The zero-order valence-corrected chi connectivity index (χ0v) is 53.2. The summed E-state index contributed by atoms with van der Waals surface area (Å²) in [5.41, 5.74) is -1.02. The molecule has 79 heavy (non-hydrogen) atoms. The molecule has 10 heteroatoms. The Morgan fingerprint density at radius 1 is 0.418 bits per heavy atom. The van der Waals surface area contributed by atoms with Crippen molar-refractivity contribution < 1.29 is 38.5 Å². The molecule has 1 rings (SSSR count). The molecule has 466 valence electrons. The van der Waals surface area contributed by atoms with Gasteiger partial charge in [0.1, 0.15) is 0 Å². The Labute approximate surface area is 489 Å². The van der Waals surface area contributed by atoms with Crippen LogP contribution in [0.5, 0.6) is 0 Å². The van der Waals surface area contributed by atoms with Gasteiger partial charge in [0.25, 0.3) is 0 Å². The van der Waals surface area contributed by atoms with E-state index in [2.05, 4.69) is 51.8 Å². The minimum atomic E-state index is -1.02. The quantitative estimate of drug-likeness (QED) is 0.0347. The molecule has 3 unspecified atom stereocenters. The Hall–Kier alpha value is -2.20. The summed E-state index contributed by atoms with van der Waals surface area (Å²) in [4.78, 5) is 58.3. The number of hydrogen-bond acceptors (Lipinski definition) is 9. The summed E-state index contributed by atoms with van der Waals surface area (Å²) in [5, 5.41) is 13.1. The first-order chi connectivity index (χ1) is 38.6. The molecule has 0 spiro atoms. The summed E-state index contributed by atoms with van der Waals surface area (Å²) >= 11 is 0. The molecule has 1 aliphatic heterocycles. The van der Waals surface area contributed by atoms with Gasteiger partial charge in [0.15, 0.2) is 0 Å². The highest BCUT2D eigenvalue weighted by atomic mass is 16.5. The molecule has 0 aliphatic carbocycles. The number of β-amino-alcohol motifs (C(OH)–C–C–N with tert-alkyl or cyclic N) is 1. The van der Waals surface area contributed by atoms with Crippen molar-refractivity contribution in [3.63, 3.8) is 0 Å². The monoisotopic (exact) mass is 1120 g/mol. The van der Waals surface area contributed by atoms with E-state index in [4.69, 9.17) is 14.2 Å². The Bertz CT molecular complexity index is 1270. The van der Waals surface area contributed by atoms with Gasteiger partial charge < -0.3 is 29.5 Å². The molecule has 0 aromatic heterocycles. The van der Waals surface area contributed by atoms with Crippen LogP contribution in [-0.2, 0) is 33.4 Å². The predicted octanol–water partition coefficient (Wildman–Crippen LogP) is 18.7. The van der Waals surface area contributed by atoms with E-state index in [1.54, 1.807) is 0 Å². The van der Waals surface area contributed by atoms with Crippen LogP contribution in [0.3, 0.4) is 0 Å². The number of piperidine rings is 1. The number of carbonyl (C=O) groups excluding carboxylic acids is 4. The lowest BCUT2D eigenvalue weighted by atomic mass is 9.82. The molecule has 1 aliphatic rings. The van der Waals surface area contributed by atoms with Gasteiger partial charge in [-0.1, -0.05) is 273 Å². The second kappa shape index (κ2) is 53.8. The summed E-state index contributed by atoms with van der Waals surface area (Å²) < 4.78 is 18.1. The molecular formula is C69H132N2O8. The Morgan fingerprint density at radius 2 is 0.684 bits per heavy atom. The van der Waals surface area contributed by atoms with Crippen LogP contribution in [0.1, 0.15) is 343 Å².